The summed E-state index contributed by atoms with van der Waals surface area (Å²) in [4.78, 5) is 24.6. The second-order valence-corrected chi connectivity index (χ2v) is 7.31. The van der Waals surface area contributed by atoms with Crippen LogP contribution in [0.5, 0.6) is 11.6 Å². The van der Waals surface area contributed by atoms with E-state index < -0.39 is 0 Å². The van der Waals surface area contributed by atoms with Crippen LogP contribution in [0.1, 0.15) is 47.1 Å². The summed E-state index contributed by atoms with van der Waals surface area (Å²) < 4.78 is 11.9. The van der Waals surface area contributed by atoms with E-state index in [2.05, 4.69) is 15.0 Å². The largest absolute Gasteiger partial charge is 0.439 e. The summed E-state index contributed by atoms with van der Waals surface area (Å²) in [5.41, 5.74) is 3.11. The Morgan fingerprint density at radius 2 is 1.90 bits per heavy atom. The molecule has 6 heteroatoms. The molecule has 0 aliphatic carbocycles. The number of benzene rings is 2. The van der Waals surface area contributed by atoms with Crippen molar-refractivity contribution >= 4 is 16.8 Å². The number of hydrogen-bond donors (Lipinski definition) is 1. The lowest BCUT2D eigenvalue weighted by Gasteiger charge is -2.24. The molecule has 1 N–H and O–H groups in total. The van der Waals surface area contributed by atoms with Gasteiger partial charge in [0.15, 0.2) is 5.82 Å². The number of carbonyl (C=O) groups is 1. The fraction of sp³-hybridized carbons (Fsp3) is 0.208. The predicted molar refractivity (Wildman–Crippen MR) is 113 cm³/mol. The molecule has 0 bridgehead atoms. The van der Waals surface area contributed by atoms with Crippen LogP contribution in [0.4, 0.5) is 0 Å². The zero-order valence-electron chi connectivity index (χ0n) is 16.4. The lowest BCUT2D eigenvalue weighted by atomic mass is 10.0. The summed E-state index contributed by atoms with van der Waals surface area (Å²) in [5.74, 6) is 1.32. The number of nitrogens with zero attached hydrogens (tertiary/aromatic N) is 2. The van der Waals surface area contributed by atoms with Crippen LogP contribution >= 0.6 is 0 Å². The minimum absolute atomic E-state index is 0.0105. The predicted octanol–water partition coefficient (Wildman–Crippen LogP) is 5.22. The second-order valence-electron chi connectivity index (χ2n) is 7.31. The number of rotatable bonds is 5. The lowest BCUT2D eigenvalue weighted by Crippen LogP contribution is -2.12. The standard InChI is InChI=1S/C24H21N3O3/c28-22(23-26-19-7-1-2-8-20(19)27-23)16-10-12-17(13-11-16)30-24-18(6-5-14-25-24)21-9-3-4-15-29-21/h1-2,5-8,10-14,21H,3-4,9,15H2,(H,26,27)/t21-/m0/s1. The first-order valence-corrected chi connectivity index (χ1v) is 10.1. The van der Waals surface area contributed by atoms with Crippen LogP contribution in [0.3, 0.4) is 0 Å². The van der Waals surface area contributed by atoms with Crippen LogP contribution in [-0.2, 0) is 4.74 Å². The van der Waals surface area contributed by atoms with Gasteiger partial charge in [-0.3, -0.25) is 4.79 Å². The van der Waals surface area contributed by atoms with Gasteiger partial charge in [0, 0.05) is 23.9 Å². The molecule has 0 saturated carbocycles. The number of aromatic amines is 1. The molecule has 0 unspecified atom stereocenters. The lowest BCUT2D eigenvalue weighted by molar-refractivity contribution is 0.0135. The number of imidazole rings is 1. The van der Waals surface area contributed by atoms with Crippen molar-refractivity contribution in [3.63, 3.8) is 0 Å². The highest BCUT2D eigenvalue weighted by atomic mass is 16.5. The monoisotopic (exact) mass is 399 g/mol. The number of hydrogen-bond acceptors (Lipinski definition) is 5. The van der Waals surface area contributed by atoms with E-state index in [1.165, 1.54) is 0 Å². The summed E-state index contributed by atoms with van der Waals surface area (Å²) in [5, 5.41) is 0. The molecule has 1 saturated heterocycles. The molecular weight excluding hydrogens is 378 g/mol. The van der Waals surface area contributed by atoms with E-state index in [1.54, 1.807) is 30.5 Å². The molecule has 1 fully saturated rings. The zero-order chi connectivity index (χ0) is 20.3. The molecular formula is C24H21N3O3. The van der Waals surface area contributed by atoms with Gasteiger partial charge >= 0.3 is 0 Å². The van der Waals surface area contributed by atoms with Gasteiger partial charge in [-0.2, -0.15) is 0 Å². The van der Waals surface area contributed by atoms with Gasteiger partial charge < -0.3 is 14.5 Å². The van der Waals surface area contributed by atoms with Crippen LogP contribution < -0.4 is 4.74 Å². The molecule has 0 spiro atoms. The van der Waals surface area contributed by atoms with E-state index in [0.717, 1.165) is 42.5 Å². The Bertz CT molecular complexity index is 1140. The number of ether oxygens (including phenoxy) is 2. The first kappa shape index (κ1) is 18.5. The Kier molecular flexibility index (Phi) is 4.99. The average Bonchev–Trinajstić information content (AvgIpc) is 3.24. The summed E-state index contributed by atoms with van der Waals surface area (Å²) in [6.07, 6.45) is 4.91. The minimum atomic E-state index is -0.160. The third-order valence-corrected chi connectivity index (χ3v) is 5.26. The maximum absolute atomic E-state index is 12.8. The maximum atomic E-state index is 12.8. The number of aromatic nitrogens is 3. The van der Waals surface area contributed by atoms with E-state index in [9.17, 15) is 4.79 Å². The van der Waals surface area contributed by atoms with Crippen molar-refractivity contribution in [1.82, 2.24) is 15.0 Å². The first-order valence-electron chi connectivity index (χ1n) is 10.1. The highest BCUT2D eigenvalue weighted by molar-refractivity contribution is 6.08. The van der Waals surface area contributed by atoms with E-state index in [0.29, 0.717) is 23.0 Å². The van der Waals surface area contributed by atoms with Crippen molar-refractivity contribution in [1.29, 1.82) is 0 Å². The first-order chi connectivity index (χ1) is 14.8. The molecule has 30 heavy (non-hydrogen) atoms. The maximum Gasteiger partial charge on any atom is 0.228 e. The smallest absolute Gasteiger partial charge is 0.228 e. The molecule has 0 amide bonds. The Labute approximate surface area is 173 Å². The van der Waals surface area contributed by atoms with Crippen LogP contribution in [0, 0.1) is 0 Å². The normalized spacial score (nSPS) is 16.5. The molecule has 5 rings (SSSR count). The summed E-state index contributed by atoms with van der Waals surface area (Å²) in [7, 11) is 0. The van der Waals surface area contributed by atoms with Crippen LogP contribution in [-0.4, -0.2) is 27.3 Å². The Hall–Kier alpha value is -3.51. The van der Waals surface area contributed by atoms with E-state index in [1.807, 2.05) is 36.4 Å². The molecule has 2 aromatic carbocycles. The van der Waals surface area contributed by atoms with Gasteiger partial charge in [0.2, 0.25) is 11.7 Å². The molecule has 3 heterocycles. The molecule has 1 aliphatic rings. The van der Waals surface area contributed by atoms with Crippen molar-refractivity contribution in [2.45, 2.75) is 25.4 Å². The molecule has 4 aromatic rings. The molecule has 6 nitrogen and oxygen atoms in total. The molecule has 1 atom stereocenters. The molecule has 1 aliphatic heterocycles. The zero-order valence-corrected chi connectivity index (χ0v) is 16.4. The van der Waals surface area contributed by atoms with Gasteiger partial charge in [0.05, 0.1) is 17.1 Å². The van der Waals surface area contributed by atoms with Gasteiger partial charge in [0.1, 0.15) is 5.75 Å². The van der Waals surface area contributed by atoms with Gasteiger partial charge in [0.25, 0.3) is 0 Å². The number of ketones is 1. The summed E-state index contributed by atoms with van der Waals surface area (Å²) in [6, 6.07) is 18.5. The van der Waals surface area contributed by atoms with Gasteiger partial charge in [-0.25, -0.2) is 9.97 Å². The van der Waals surface area contributed by atoms with Crippen LogP contribution in [0.2, 0.25) is 0 Å². The highest BCUT2D eigenvalue weighted by Crippen LogP contribution is 2.34. The van der Waals surface area contributed by atoms with Crippen LogP contribution in [0.25, 0.3) is 11.0 Å². The van der Waals surface area contributed by atoms with Crippen molar-refractivity contribution in [3.8, 4) is 11.6 Å². The van der Waals surface area contributed by atoms with Crippen molar-refractivity contribution in [2.75, 3.05) is 6.61 Å². The van der Waals surface area contributed by atoms with E-state index >= 15 is 0 Å². The number of para-hydroxylation sites is 2. The Balaban J connectivity index is 1.35. The number of nitrogens with one attached hydrogen (secondary N) is 1. The Morgan fingerprint density at radius 1 is 1.03 bits per heavy atom. The van der Waals surface area contributed by atoms with Gasteiger partial charge in [-0.15, -0.1) is 0 Å². The number of H-pyrrole nitrogens is 1. The number of fused-ring (bicyclic) bond motifs is 1. The highest BCUT2D eigenvalue weighted by Gasteiger charge is 2.21. The fourth-order valence-corrected chi connectivity index (χ4v) is 3.70. The second kappa shape index (κ2) is 8.08. The summed E-state index contributed by atoms with van der Waals surface area (Å²) >= 11 is 0. The molecule has 0 radical (unpaired) electrons. The van der Waals surface area contributed by atoms with E-state index in [-0.39, 0.29) is 11.9 Å². The van der Waals surface area contributed by atoms with Gasteiger partial charge in [-0.1, -0.05) is 12.1 Å². The van der Waals surface area contributed by atoms with Crippen molar-refractivity contribution in [3.05, 3.63) is 83.8 Å². The number of carbonyl (C=O) groups excluding carboxylic acids is 1. The number of pyridine rings is 1. The third kappa shape index (κ3) is 3.69. The SMILES string of the molecule is O=C(c1ccc(Oc2ncccc2[C@@H]2CCCCO2)cc1)c1nc2ccccc2[nH]1. The topological polar surface area (TPSA) is 77.1 Å². The van der Waals surface area contributed by atoms with Crippen molar-refractivity contribution < 1.29 is 14.3 Å². The quantitative estimate of drug-likeness (QED) is 0.466. The third-order valence-electron chi connectivity index (χ3n) is 5.26. The molecule has 2 aromatic heterocycles. The molecule has 150 valence electrons. The van der Waals surface area contributed by atoms with E-state index in [4.69, 9.17) is 9.47 Å². The minimum Gasteiger partial charge on any atom is -0.439 e. The fourth-order valence-electron chi connectivity index (χ4n) is 3.70. The average molecular weight is 399 g/mol. The summed E-state index contributed by atoms with van der Waals surface area (Å²) in [6.45, 7) is 0.762. The Morgan fingerprint density at radius 3 is 2.70 bits per heavy atom. The van der Waals surface area contributed by atoms with Crippen molar-refractivity contribution in [2.24, 2.45) is 0 Å². The van der Waals surface area contributed by atoms with Crippen LogP contribution in [0.15, 0.2) is 66.9 Å². The van der Waals surface area contributed by atoms with Gasteiger partial charge in [-0.05, 0) is 67.8 Å².